The van der Waals surface area contributed by atoms with Crippen molar-refractivity contribution in [3.63, 3.8) is 0 Å². The maximum Gasteiger partial charge on any atom is 0.274 e. The van der Waals surface area contributed by atoms with E-state index in [2.05, 4.69) is 27.4 Å². The van der Waals surface area contributed by atoms with Crippen LogP contribution in [0, 0.1) is 0 Å². The minimum Gasteiger partial charge on any atom is -0.368 e. The van der Waals surface area contributed by atoms with E-state index < -0.39 is 5.54 Å². The minimum atomic E-state index is -1.06. The van der Waals surface area contributed by atoms with Crippen molar-refractivity contribution in [3.8, 4) is 0 Å². The van der Waals surface area contributed by atoms with Crippen LogP contribution in [0.5, 0.6) is 0 Å². The lowest BCUT2D eigenvalue weighted by molar-refractivity contribution is -0.133. The van der Waals surface area contributed by atoms with Crippen molar-refractivity contribution in [2.75, 3.05) is 38.1 Å². The Kier molecular flexibility index (Phi) is 6.25. The van der Waals surface area contributed by atoms with Crippen LogP contribution in [-0.4, -0.2) is 82.1 Å². The molecule has 1 saturated carbocycles. The van der Waals surface area contributed by atoms with Crippen LogP contribution < -0.4 is 10.2 Å². The maximum atomic E-state index is 13.3. The molecule has 0 radical (unpaired) electrons. The summed E-state index contributed by atoms with van der Waals surface area (Å²) in [6, 6.07) is 11.9. The van der Waals surface area contributed by atoms with Gasteiger partial charge in [-0.15, -0.1) is 0 Å². The molecule has 1 atom stereocenters. The van der Waals surface area contributed by atoms with Crippen LogP contribution in [0.25, 0.3) is 0 Å². The Morgan fingerprint density at radius 2 is 1.71 bits per heavy atom. The number of anilines is 1. The minimum absolute atomic E-state index is 0.155. The van der Waals surface area contributed by atoms with Crippen molar-refractivity contribution < 1.29 is 14.4 Å². The van der Waals surface area contributed by atoms with Crippen molar-refractivity contribution in [2.24, 2.45) is 0 Å². The van der Waals surface area contributed by atoms with Gasteiger partial charge in [-0.2, -0.15) is 5.10 Å². The van der Waals surface area contributed by atoms with E-state index in [-0.39, 0.29) is 36.0 Å². The number of aromatic nitrogens is 2. The van der Waals surface area contributed by atoms with Gasteiger partial charge in [0.25, 0.3) is 11.8 Å². The second kappa shape index (κ2) is 9.36. The number of likely N-dealkylation sites (N-methyl/N-ethyl adjacent to an activating group) is 1. The van der Waals surface area contributed by atoms with Gasteiger partial charge < -0.3 is 20.0 Å². The Morgan fingerprint density at radius 3 is 2.40 bits per heavy atom. The van der Waals surface area contributed by atoms with Gasteiger partial charge in [0, 0.05) is 51.0 Å². The first-order valence-corrected chi connectivity index (χ1v) is 12.6. The Bertz CT molecular complexity index is 1100. The summed E-state index contributed by atoms with van der Waals surface area (Å²) in [5.74, 6) is -0.632. The van der Waals surface area contributed by atoms with Gasteiger partial charge in [-0.1, -0.05) is 37.5 Å². The van der Waals surface area contributed by atoms with Crippen LogP contribution in [-0.2, 0) is 11.3 Å². The molecule has 186 valence electrons. The molecule has 1 N–H and O–H groups in total. The van der Waals surface area contributed by atoms with Gasteiger partial charge >= 0.3 is 0 Å². The molecule has 35 heavy (non-hydrogen) atoms. The zero-order valence-corrected chi connectivity index (χ0v) is 20.6. The molecule has 0 bridgehead atoms. The van der Waals surface area contributed by atoms with Crippen LogP contribution in [0.2, 0.25) is 0 Å². The predicted octanol–water partition coefficient (Wildman–Crippen LogP) is 2.14. The number of fused-ring (bicyclic) bond motifs is 1. The maximum absolute atomic E-state index is 13.3. The molecule has 9 nitrogen and oxygen atoms in total. The normalized spacial score (nSPS) is 23.3. The highest BCUT2D eigenvalue weighted by Crippen LogP contribution is 2.28. The van der Waals surface area contributed by atoms with Crippen molar-refractivity contribution >= 4 is 23.4 Å². The van der Waals surface area contributed by atoms with Crippen LogP contribution in [0.4, 0.5) is 5.69 Å². The second-order valence-electron chi connectivity index (χ2n) is 10.1. The summed E-state index contributed by atoms with van der Waals surface area (Å²) >= 11 is 0. The van der Waals surface area contributed by atoms with E-state index in [1.807, 2.05) is 18.2 Å². The van der Waals surface area contributed by atoms with Crippen LogP contribution in [0.1, 0.15) is 60.0 Å². The van der Waals surface area contributed by atoms with Gasteiger partial charge in [0.15, 0.2) is 5.69 Å². The molecule has 3 aliphatic rings. The van der Waals surface area contributed by atoms with E-state index in [0.29, 0.717) is 18.8 Å². The number of carbonyl (C=O) groups is 3. The SMILES string of the molecule is CN1C(=O)c2cc(C(=O)N3CCN(c4ccccc4)CC3)nn2C[C@@]1(C)C(=O)NC1CCCCC1. The summed E-state index contributed by atoms with van der Waals surface area (Å²) < 4.78 is 1.54. The molecule has 1 aromatic heterocycles. The van der Waals surface area contributed by atoms with Crippen molar-refractivity contribution in [1.82, 2.24) is 24.9 Å². The quantitative estimate of drug-likeness (QED) is 0.727. The van der Waals surface area contributed by atoms with Gasteiger partial charge in [-0.25, -0.2) is 0 Å². The second-order valence-corrected chi connectivity index (χ2v) is 10.1. The van der Waals surface area contributed by atoms with Crippen molar-refractivity contribution in [3.05, 3.63) is 47.8 Å². The number of nitrogens with zero attached hydrogens (tertiary/aromatic N) is 5. The standard InChI is InChI=1S/C26H34N6O3/c1-26(25(35)27-19-9-5-3-6-10-19)18-32-22(24(34)29(26)2)17-21(28-32)23(33)31-15-13-30(14-16-31)20-11-7-4-8-12-20/h4,7-8,11-12,17,19H,3,5-6,9-10,13-16,18H2,1-2H3,(H,27,35)/t26-/m0/s1. The summed E-state index contributed by atoms with van der Waals surface area (Å²) in [5, 5.41) is 7.65. The molecule has 3 amide bonds. The Hall–Kier alpha value is -3.36. The molecule has 2 aliphatic heterocycles. The first-order valence-electron chi connectivity index (χ1n) is 12.6. The molecule has 1 aromatic carbocycles. The average molecular weight is 479 g/mol. The largest absolute Gasteiger partial charge is 0.368 e. The molecule has 2 fully saturated rings. The highest BCUT2D eigenvalue weighted by atomic mass is 16.2. The molecule has 2 aromatic rings. The molecule has 5 rings (SSSR count). The van der Waals surface area contributed by atoms with Crippen LogP contribution >= 0.6 is 0 Å². The zero-order valence-electron chi connectivity index (χ0n) is 20.6. The lowest BCUT2D eigenvalue weighted by Gasteiger charge is -2.41. The molecule has 1 aliphatic carbocycles. The van der Waals surface area contributed by atoms with E-state index in [0.717, 1.165) is 44.5 Å². The summed E-state index contributed by atoms with van der Waals surface area (Å²) in [6.45, 7) is 4.65. The lowest BCUT2D eigenvalue weighted by atomic mass is 9.92. The molecule has 1 saturated heterocycles. The topological polar surface area (TPSA) is 90.8 Å². The van der Waals surface area contributed by atoms with Gasteiger partial charge in [0.2, 0.25) is 5.91 Å². The summed E-state index contributed by atoms with van der Waals surface area (Å²) in [4.78, 5) is 45.2. The van der Waals surface area contributed by atoms with Gasteiger partial charge in [-0.05, 0) is 31.9 Å². The Balaban J connectivity index is 1.28. The number of carbonyl (C=O) groups excluding carboxylic acids is 3. The van der Waals surface area contributed by atoms with E-state index in [4.69, 9.17) is 0 Å². The first-order chi connectivity index (χ1) is 16.9. The molecule has 9 heteroatoms. The molecule has 0 unspecified atom stereocenters. The average Bonchev–Trinajstić information content (AvgIpc) is 3.32. The lowest BCUT2D eigenvalue weighted by Crippen LogP contribution is -2.63. The number of benzene rings is 1. The molecule has 0 spiro atoms. The summed E-state index contributed by atoms with van der Waals surface area (Å²) in [5.41, 5.74) is 0.694. The van der Waals surface area contributed by atoms with Crippen molar-refractivity contribution in [1.29, 1.82) is 0 Å². The van der Waals surface area contributed by atoms with Crippen LogP contribution in [0.3, 0.4) is 0 Å². The zero-order chi connectivity index (χ0) is 24.6. The smallest absolute Gasteiger partial charge is 0.274 e. The number of hydrogen-bond donors (Lipinski definition) is 1. The van der Waals surface area contributed by atoms with Crippen LogP contribution in [0.15, 0.2) is 36.4 Å². The third-order valence-corrected chi connectivity index (χ3v) is 7.84. The number of hydrogen-bond acceptors (Lipinski definition) is 5. The number of rotatable bonds is 4. The molecule has 3 heterocycles. The Labute approximate surface area is 206 Å². The summed E-state index contributed by atoms with van der Waals surface area (Å²) in [7, 11) is 1.66. The van der Waals surface area contributed by atoms with E-state index in [1.165, 1.54) is 16.0 Å². The fourth-order valence-corrected chi connectivity index (χ4v) is 5.39. The van der Waals surface area contributed by atoms with Gasteiger partial charge in [-0.3, -0.25) is 19.1 Å². The first kappa shape index (κ1) is 23.4. The Morgan fingerprint density at radius 1 is 1.03 bits per heavy atom. The fraction of sp³-hybridized carbons (Fsp3) is 0.538. The highest BCUT2D eigenvalue weighted by molar-refractivity contribution is 6.01. The predicted molar refractivity (Wildman–Crippen MR) is 132 cm³/mol. The van der Waals surface area contributed by atoms with Crippen molar-refractivity contribution in [2.45, 2.75) is 57.2 Å². The molecular formula is C26H34N6O3. The van der Waals surface area contributed by atoms with E-state index >= 15 is 0 Å². The monoisotopic (exact) mass is 478 g/mol. The fourth-order valence-electron chi connectivity index (χ4n) is 5.39. The van der Waals surface area contributed by atoms with Gasteiger partial charge in [0.1, 0.15) is 11.2 Å². The van der Waals surface area contributed by atoms with E-state index in [1.54, 1.807) is 24.9 Å². The van der Waals surface area contributed by atoms with Gasteiger partial charge in [0.05, 0.1) is 6.54 Å². The molecular weight excluding hydrogens is 444 g/mol. The number of amides is 3. The number of para-hydroxylation sites is 1. The van der Waals surface area contributed by atoms with E-state index in [9.17, 15) is 14.4 Å². The third-order valence-electron chi connectivity index (χ3n) is 7.84. The number of piperazine rings is 1. The summed E-state index contributed by atoms with van der Waals surface area (Å²) in [6.07, 6.45) is 5.39. The number of nitrogens with one attached hydrogen (secondary N) is 1. The highest BCUT2D eigenvalue weighted by Gasteiger charge is 2.47. The third kappa shape index (κ3) is 4.39.